The number of rotatable bonds is 5. The topological polar surface area (TPSA) is 61.0 Å². The van der Waals surface area contributed by atoms with Gasteiger partial charge in [0.15, 0.2) is 0 Å². The van der Waals surface area contributed by atoms with Crippen LogP contribution in [0.5, 0.6) is 0 Å². The van der Waals surface area contributed by atoms with Crippen molar-refractivity contribution < 1.29 is 4.79 Å². The van der Waals surface area contributed by atoms with Crippen LogP contribution in [0.25, 0.3) is 11.3 Å². The van der Waals surface area contributed by atoms with Crippen LogP contribution in [0, 0.1) is 0 Å². The fourth-order valence-corrected chi connectivity index (χ4v) is 4.01. The molecule has 0 saturated carbocycles. The Labute approximate surface area is 176 Å². The number of nitrogens with one attached hydrogen (secondary N) is 2. The molecule has 2 N–H and O–H groups in total. The van der Waals surface area contributed by atoms with Crippen molar-refractivity contribution in [2.75, 3.05) is 23.3 Å². The molecule has 0 bridgehead atoms. The third-order valence-electron chi connectivity index (χ3n) is 5.41. The molecule has 3 aromatic rings. The molecule has 5 nitrogen and oxygen atoms in total. The molecule has 4 rings (SSSR count). The summed E-state index contributed by atoms with van der Waals surface area (Å²) in [6.07, 6.45) is 4.55. The first-order chi connectivity index (χ1) is 14.2. The molecule has 2 aromatic carbocycles. The summed E-state index contributed by atoms with van der Waals surface area (Å²) in [7, 11) is 0. The molecule has 1 aliphatic rings. The molecule has 29 heavy (non-hydrogen) atoms. The molecule has 0 atom stereocenters. The maximum atomic E-state index is 12.8. The molecule has 0 aliphatic carbocycles. The van der Waals surface area contributed by atoms with Crippen LogP contribution in [-0.4, -0.2) is 29.2 Å². The van der Waals surface area contributed by atoms with Crippen molar-refractivity contribution in [3.05, 3.63) is 64.8 Å². The molecule has 150 valence electrons. The van der Waals surface area contributed by atoms with Crippen molar-refractivity contribution in [3.8, 4) is 11.3 Å². The zero-order valence-electron chi connectivity index (χ0n) is 16.5. The second-order valence-electron chi connectivity index (χ2n) is 7.31. The Morgan fingerprint density at radius 1 is 1.10 bits per heavy atom. The zero-order valence-corrected chi connectivity index (χ0v) is 17.3. The van der Waals surface area contributed by atoms with Gasteiger partial charge in [-0.25, -0.2) is 0 Å². The van der Waals surface area contributed by atoms with E-state index in [1.165, 1.54) is 24.9 Å². The summed E-state index contributed by atoms with van der Waals surface area (Å²) in [6, 6.07) is 15.5. The van der Waals surface area contributed by atoms with Gasteiger partial charge in [-0.05, 0) is 49.9 Å². The molecule has 1 aliphatic heterocycles. The van der Waals surface area contributed by atoms with Crippen molar-refractivity contribution in [1.82, 2.24) is 10.2 Å². The number of amides is 1. The number of aryl methyl sites for hydroxylation is 1. The highest BCUT2D eigenvalue weighted by Gasteiger charge is 2.19. The van der Waals surface area contributed by atoms with Crippen LogP contribution in [-0.2, 0) is 6.42 Å². The van der Waals surface area contributed by atoms with Gasteiger partial charge in [-0.1, -0.05) is 42.8 Å². The van der Waals surface area contributed by atoms with E-state index in [9.17, 15) is 4.79 Å². The smallest absolute Gasteiger partial charge is 0.257 e. The van der Waals surface area contributed by atoms with Crippen LogP contribution >= 0.6 is 11.6 Å². The number of benzene rings is 2. The van der Waals surface area contributed by atoms with Gasteiger partial charge in [-0.15, -0.1) is 0 Å². The van der Waals surface area contributed by atoms with Crippen LogP contribution < -0.4 is 10.2 Å². The lowest BCUT2D eigenvalue weighted by Crippen LogP contribution is -2.29. The third-order valence-corrected chi connectivity index (χ3v) is 5.74. The Morgan fingerprint density at radius 3 is 2.52 bits per heavy atom. The number of carbonyl (C=O) groups is 1. The Kier molecular flexibility index (Phi) is 5.86. The maximum absolute atomic E-state index is 12.8. The van der Waals surface area contributed by atoms with Crippen LogP contribution in [0.3, 0.4) is 0 Å². The lowest BCUT2D eigenvalue weighted by Gasteiger charge is -2.28. The molecule has 1 fully saturated rings. The molecule has 1 amide bonds. The first-order valence-corrected chi connectivity index (χ1v) is 10.5. The van der Waals surface area contributed by atoms with Crippen LogP contribution in [0.4, 0.5) is 11.4 Å². The Morgan fingerprint density at radius 2 is 1.83 bits per heavy atom. The van der Waals surface area contributed by atoms with E-state index < -0.39 is 0 Å². The lowest BCUT2D eigenvalue weighted by molar-refractivity contribution is 0.102. The average Bonchev–Trinajstić information content (AvgIpc) is 3.17. The van der Waals surface area contributed by atoms with Crippen molar-refractivity contribution in [2.24, 2.45) is 0 Å². The minimum atomic E-state index is -0.238. The minimum Gasteiger partial charge on any atom is -0.372 e. The summed E-state index contributed by atoms with van der Waals surface area (Å²) in [6.45, 7) is 4.25. The highest BCUT2D eigenvalue weighted by atomic mass is 35.5. The summed E-state index contributed by atoms with van der Waals surface area (Å²) >= 11 is 6.19. The molecule has 1 saturated heterocycles. The fraction of sp³-hybridized carbons (Fsp3) is 0.304. The number of H-pyrrole nitrogens is 1. The number of hydrogen-bond acceptors (Lipinski definition) is 3. The van der Waals surface area contributed by atoms with Gasteiger partial charge in [0, 0.05) is 24.3 Å². The maximum Gasteiger partial charge on any atom is 0.257 e. The van der Waals surface area contributed by atoms with E-state index in [0.29, 0.717) is 16.3 Å². The van der Waals surface area contributed by atoms with Crippen molar-refractivity contribution in [3.63, 3.8) is 0 Å². The molecule has 1 aromatic heterocycles. The molecule has 6 heteroatoms. The van der Waals surface area contributed by atoms with Gasteiger partial charge in [-0.3, -0.25) is 9.89 Å². The number of nitrogens with zero attached hydrogens (tertiary/aromatic N) is 2. The predicted molar refractivity (Wildman–Crippen MR) is 119 cm³/mol. The lowest BCUT2D eigenvalue weighted by atomic mass is 10.1. The molecule has 0 spiro atoms. The SMILES string of the molecule is CCc1[nH]nc(-c2ccc(N3CCCCC3)cc2)c1NC(=O)c1ccccc1Cl. The Hall–Kier alpha value is -2.79. The van der Waals surface area contributed by atoms with Crippen LogP contribution in [0.2, 0.25) is 5.02 Å². The highest BCUT2D eigenvalue weighted by Crippen LogP contribution is 2.32. The summed E-state index contributed by atoms with van der Waals surface area (Å²) in [5.41, 5.74) is 5.00. The second kappa shape index (κ2) is 8.70. The third kappa shape index (κ3) is 4.15. The van der Waals surface area contributed by atoms with E-state index in [4.69, 9.17) is 11.6 Å². The number of piperidine rings is 1. The Balaban J connectivity index is 1.61. The summed E-state index contributed by atoms with van der Waals surface area (Å²) < 4.78 is 0. The van der Waals surface area contributed by atoms with E-state index in [1.807, 2.05) is 13.0 Å². The Bertz CT molecular complexity index is 990. The number of hydrogen-bond donors (Lipinski definition) is 2. The van der Waals surface area contributed by atoms with Gasteiger partial charge in [0.2, 0.25) is 0 Å². The van der Waals surface area contributed by atoms with Crippen molar-refractivity contribution in [1.29, 1.82) is 0 Å². The monoisotopic (exact) mass is 408 g/mol. The number of anilines is 2. The number of aromatic nitrogens is 2. The van der Waals surface area contributed by atoms with E-state index in [-0.39, 0.29) is 5.91 Å². The van der Waals surface area contributed by atoms with E-state index in [1.54, 1.807) is 18.2 Å². The largest absolute Gasteiger partial charge is 0.372 e. The summed E-state index contributed by atoms with van der Waals surface area (Å²) in [5.74, 6) is -0.238. The van der Waals surface area contributed by atoms with Gasteiger partial charge in [0.05, 0.1) is 22.0 Å². The first kappa shape index (κ1) is 19.5. The van der Waals surface area contributed by atoms with Gasteiger partial charge in [0.25, 0.3) is 5.91 Å². The molecule has 0 unspecified atom stereocenters. The number of halogens is 1. The van der Waals surface area contributed by atoms with Gasteiger partial charge < -0.3 is 10.2 Å². The number of aromatic amines is 1. The normalized spacial score (nSPS) is 14.1. The second-order valence-corrected chi connectivity index (χ2v) is 7.72. The first-order valence-electron chi connectivity index (χ1n) is 10.2. The van der Waals surface area contributed by atoms with Crippen molar-refractivity contribution in [2.45, 2.75) is 32.6 Å². The number of carbonyl (C=O) groups excluding carboxylic acids is 1. The van der Waals surface area contributed by atoms with E-state index in [0.717, 1.165) is 36.5 Å². The summed E-state index contributed by atoms with van der Waals surface area (Å²) in [4.78, 5) is 15.2. The molecule has 0 radical (unpaired) electrons. The fourth-order valence-electron chi connectivity index (χ4n) is 3.79. The molecular formula is C23H25ClN4O. The van der Waals surface area contributed by atoms with Gasteiger partial charge in [-0.2, -0.15) is 5.10 Å². The van der Waals surface area contributed by atoms with Crippen LogP contribution in [0.1, 0.15) is 42.2 Å². The average molecular weight is 409 g/mol. The predicted octanol–water partition coefficient (Wildman–Crippen LogP) is 5.54. The van der Waals surface area contributed by atoms with Crippen molar-refractivity contribution >= 4 is 28.9 Å². The van der Waals surface area contributed by atoms with Gasteiger partial charge >= 0.3 is 0 Å². The quantitative estimate of drug-likeness (QED) is 0.583. The van der Waals surface area contributed by atoms with E-state index >= 15 is 0 Å². The van der Waals surface area contributed by atoms with E-state index in [2.05, 4.69) is 44.7 Å². The zero-order chi connectivity index (χ0) is 20.2. The molecular weight excluding hydrogens is 384 g/mol. The van der Waals surface area contributed by atoms with Gasteiger partial charge in [0.1, 0.15) is 5.69 Å². The minimum absolute atomic E-state index is 0.238. The highest BCUT2D eigenvalue weighted by molar-refractivity contribution is 6.34. The standard InChI is InChI=1S/C23H25ClN4O/c1-2-20-22(25-23(29)18-8-4-5-9-19(18)24)21(27-26-20)16-10-12-17(13-11-16)28-14-6-3-7-15-28/h4-5,8-13H,2-3,6-7,14-15H2,1H3,(H,25,29)(H,26,27). The summed E-state index contributed by atoms with van der Waals surface area (Å²) in [5, 5.41) is 11.0. The molecule has 2 heterocycles. The van der Waals surface area contributed by atoms with Crippen LogP contribution in [0.15, 0.2) is 48.5 Å².